The quantitative estimate of drug-likeness (QED) is 0.519. The number of rotatable bonds is 3. The summed E-state index contributed by atoms with van der Waals surface area (Å²) in [5.41, 5.74) is 6.40. The fourth-order valence-corrected chi connectivity index (χ4v) is 3.65. The monoisotopic (exact) mass is 422 g/mol. The summed E-state index contributed by atoms with van der Waals surface area (Å²) in [6.07, 6.45) is 2.51. The number of anilines is 2. The molecule has 0 saturated heterocycles. The van der Waals surface area contributed by atoms with E-state index in [4.69, 9.17) is 5.73 Å². The van der Waals surface area contributed by atoms with Crippen molar-refractivity contribution >= 4 is 28.6 Å². The summed E-state index contributed by atoms with van der Waals surface area (Å²) in [7, 11) is 0. The highest BCUT2D eigenvalue weighted by molar-refractivity contribution is 6.06. The van der Waals surface area contributed by atoms with Crippen molar-refractivity contribution in [1.29, 1.82) is 0 Å². The van der Waals surface area contributed by atoms with Crippen molar-refractivity contribution in [2.24, 2.45) is 0 Å². The van der Waals surface area contributed by atoms with Crippen molar-refractivity contribution in [3.05, 3.63) is 53.5 Å². The molecule has 5 heterocycles. The third-order valence-electron chi connectivity index (χ3n) is 5.26. The maximum atomic E-state index is 14.1. The van der Waals surface area contributed by atoms with Gasteiger partial charge in [0.15, 0.2) is 11.5 Å². The minimum atomic E-state index is -0.885. The highest BCUT2D eigenvalue weighted by atomic mass is 19.1. The molecule has 0 saturated carbocycles. The Bertz CT molecular complexity index is 1380. The number of pyridine rings is 2. The fourth-order valence-electron chi connectivity index (χ4n) is 3.65. The van der Waals surface area contributed by atoms with Crippen LogP contribution in [0.3, 0.4) is 0 Å². The first kappa shape index (κ1) is 19.0. The molecule has 0 radical (unpaired) electrons. The highest BCUT2D eigenvalue weighted by Crippen LogP contribution is 2.40. The van der Waals surface area contributed by atoms with Gasteiger partial charge >= 0.3 is 0 Å². The molecule has 156 valence electrons. The molecule has 4 aromatic heterocycles. The topological polar surface area (TPSA) is 124 Å². The van der Waals surface area contributed by atoms with Gasteiger partial charge in [-0.1, -0.05) is 0 Å². The molecule has 1 aliphatic heterocycles. The fraction of sp³-hybridized carbons (Fsp3) is 0.200. The Labute approximate surface area is 174 Å². The van der Waals surface area contributed by atoms with E-state index in [1.807, 2.05) is 0 Å². The minimum absolute atomic E-state index is 0.0357. The molecule has 0 aliphatic carbocycles. The summed E-state index contributed by atoms with van der Waals surface area (Å²) in [5, 5.41) is 7.46. The van der Waals surface area contributed by atoms with Gasteiger partial charge in [-0.2, -0.15) is 5.10 Å². The minimum Gasteiger partial charge on any atom is -0.383 e. The Hall–Kier alpha value is -4.02. The van der Waals surface area contributed by atoms with E-state index in [-0.39, 0.29) is 41.3 Å². The zero-order valence-electron chi connectivity index (χ0n) is 16.5. The van der Waals surface area contributed by atoms with Gasteiger partial charge in [0.25, 0.3) is 0 Å². The Morgan fingerprint density at radius 2 is 2.03 bits per heavy atom. The Balaban J connectivity index is 1.69. The normalized spacial score (nSPS) is 14.6. The van der Waals surface area contributed by atoms with Crippen molar-refractivity contribution in [3.8, 4) is 11.5 Å². The number of halogens is 2. The van der Waals surface area contributed by atoms with Gasteiger partial charge in [-0.25, -0.2) is 28.4 Å². The van der Waals surface area contributed by atoms with Gasteiger partial charge in [0.2, 0.25) is 5.91 Å². The molecule has 0 unspecified atom stereocenters. The molecule has 0 bridgehead atoms. The molecule has 0 spiro atoms. The van der Waals surface area contributed by atoms with Crippen molar-refractivity contribution in [1.82, 2.24) is 29.7 Å². The summed E-state index contributed by atoms with van der Waals surface area (Å²) >= 11 is 0. The van der Waals surface area contributed by atoms with Gasteiger partial charge in [-0.3, -0.25) is 9.78 Å². The predicted octanol–water partition coefficient (Wildman–Crippen LogP) is 2.42. The molecule has 4 aromatic rings. The first-order valence-electron chi connectivity index (χ1n) is 9.37. The Morgan fingerprint density at radius 1 is 1.23 bits per heavy atom. The third kappa shape index (κ3) is 2.88. The van der Waals surface area contributed by atoms with E-state index in [0.717, 1.165) is 6.20 Å². The van der Waals surface area contributed by atoms with E-state index < -0.39 is 17.0 Å². The summed E-state index contributed by atoms with van der Waals surface area (Å²) < 4.78 is 29.5. The van der Waals surface area contributed by atoms with E-state index in [1.54, 1.807) is 13.8 Å². The zero-order valence-corrected chi connectivity index (χ0v) is 16.5. The second kappa shape index (κ2) is 6.49. The second-order valence-corrected chi connectivity index (χ2v) is 7.70. The van der Waals surface area contributed by atoms with Crippen LogP contribution < -0.4 is 11.1 Å². The lowest BCUT2D eigenvalue weighted by Gasteiger charge is -2.15. The number of hydrogen-bond acceptors (Lipinski definition) is 7. The van der Waals surface area contributed by atoms with Crippen LogP contribution in [0.5, 0.6) is 0 Å². The van der Waals surface area contributed by atoms with Crippen LogP contribution in [0.2, 0.25) is 0 Å². The molecule has 0 fully saturated rings. The molecular formula is C20H16F2N8O. The number of aromatic nitrogens is 6. The molecule has 1 aliphatic rings. The van der Waals surface area contributed by atoms with Crippen molar-refractivity contribution in [2.75, 3.05) is 11.1 Å². The lowest BCUT2D eigenvalue weighted by Crippen LogP contribution is -2.27. The van der Waals surface area contributed by atoms with Crippen LogP contribution in [-0.4, -0.2) is 35.6 Å². The van der Waals surface area contributed by atoms with E-state index in [2.05, 4.69) is 30.4 Å². The average molecular weight is 422 g/mol. The van der Waals surface area contributed by atoms with E-state index in [9.17, 15) is 13.6 Å². The van der Waals surface area contributed by atoms with Crippen molar-refractivity contribution in [2.45, 2.75) is 25.8 Å². The maximum Gasteiger partial charge on any atom is 0.235 e. The third-order valence-corrected chi connectivity index (χ3v) is 5.26. The molecule has 3 N–H and O–H groups in total. The van der Waals surface area contributed by atoms with Gasteiger partial charge in [0.05, 0.1) is 34.8 Å². The van der Waals surface area contributed by atoms with Crippen LogP contribution >= 0.6 is 0 Å². The Morgan fingerprint density at radius 3 is 2.81 bits per heavy atom. The number of hydrogen-bond donors (Lipinski definition) is 2. The van der Waals surface area contributed by atoms with Gasteiger partial charge in [0.1, 0.15) is 29.0 Å². The molecule has 0 aromatic carbocycles. The van der Waals surface area contributed by atoms with Crippen LogP contribution in [0.4, 0.5) is 20.4 Å². The molecule has 9 nitrogen and oxygen atoms in total. The summed E-state index contributed by atoms with van der Waals surface area (Å²) in [4.78, 5) is 29.2. The summed E-state index contributed by atoms with van der Waals surface area (Å²) in [5.74, 6) is -0.855. The lowest BCUT2D eigenvalue weighted by atomic mass is 9.87. The molecule has 11 heteroatoms. The second-order valence-electron chi connectivity index (χ2n) is 7.70. The number of fused-ring (bicyclic) bond motifs is 2. The number of carbonyl (C=O) groups is 1. The smallest absolute Gasteiger partial charge is 0.235 e. The highest BCUT2D eigenvalue weighted by Gasteiger charge is 2.42. The van der Waals surface area contributed by atoms with E-state index in [0.29, 0.717) is 16.6 Å². The first-order valence-corrected chi connectivity index (χ1v) is 9.37. The van der Waals surface area contributed by atoms with Crippen LogP contribution in [0.15, 0.2) is 30.6 Å². The van der Waals surface area contributed by atoms with Crippen LogP contribution in [0.25, 0.3) is 22.6 Å². The molecule has 1 amide bonds. The van der Waals surface area contributed by atoms with Crippen molar-refractivity contribution < 1.29 is 13.6 Å². The van der Waals surface area contributed by atoms with Gasteiger partial charge in [-0.05, 0) is 32.0 Å². The number of nitrogens with two attached hydrogens (primary N) is 1. The summed E-state index contributed by atoms with van der Waals surface area (Å²) in [6, 6.07) is 4.01. The largest absolute Gasteiger partial charge is 0.383 e. The van der Waals surface area contributed by atoms with Gasteiger partial charge in [0, 0.05) is 6.20 Å². The van der Waals surface area contributed by atoms with Crippen molar-refractivity contribution in [3.63, 3.8) is 0 Å². The van der Waals surface area contributed by atoms with E-state index >= 15 is 0 Å². The number of nitrogen functional groups attached to an aromatic ring is 1. The standard InChI is InChI=1S/C20H16F2N8O/c1-20(2)13-15(23)26-17(27-16(13)28-19(20)31)14-10-6-9(21)7-25-18(10)30(29-14)8-12-11(22)4-3-5-24-12/h3-7H,8H2,1-2H3,(H3,23,26,27,28,31). The number of nitrogens with one attached hydrogen (secondary N) is 1. The molecule has 5 rings (SSSR count). The number of nitrogens with zero attached hydrogens (tertiary/aromatic N) is 6. The molecule has 0 atom stereocenters. The van der Waals surface area contributed by atoms with Crippen LogP contribution in [0.1, 0.15) is 25.1 Å². The first-order chi connectivity index (χ1) is 14.8. The van der Waals surface area contributed by atoms with Gasteiger partial charge in [-0.15, -0.1) is 0 Å². The number of amides is 1. The SMILES string of the molecule is CC1(C)C(=O)Nc2nc(-c3nn(Cc4ncccc4F)c4ncc(F)cc34)nc(N)c21. The maximum absolute atomic E-state index is 14.1. The average Bonchev–Trinajstić information content (AvgIpc) is 3.17. The Kier molecular flexibility index (Phi) is 3.97. The summed E-state index contributed by atoms with van der Waals surface area (Å²) in [6.45, 7) is 3.41. The van der Waals surface area contributed by atoms with E-state index in [1.165, 1.54) is 29.1 Å². The molecule has 31 heavy (non-hydrogen) atoms. The predicted molar refractivity (Wildman–Crippen MR) is 108 cm³/mol. The zero-order chi connectivity index (χ0) is 21.9. The number of carbonyl (C=O) groups excluding carboxylic acids is 1. The lowest BCUT2D eigenvalue weighted by molar-refractivity contribution is -0.119. The van der Waals surface area contributed by atoms with Gasteiger partial charge < -0.3 is 11.1 Å². The van der Waals surface area contributed by atoms with Crippen LogP contribution in [0, 0.1) is 11.6 Å². The van der Waals surface area contributed by atoms with Crippen LogP contribution in [-0.2, 0) is 16.8 Å². The molecular weight excluding hydrogens is 406 g/mol.